The van der Waals surface area contributed by atoms with Crippen molar-refractivity contribution in [2.45, 2.75) is 32.3 Å². The molecule has 1 aromatic rings. The van der Waals surface area contributed by atoms with Crippen molar-refractivity contribution in [1.29, 1.82) is 0 Å². The van der Waals surface area contributed by atoms with Gasteiger partial charge in [0.05, 0.1) is 33.5 Å². The fourth-order valence-corrected chi connectivity index (χ4v) is 2.25. The van der Waals surface area contributed by atoms with Crippen LogP contribution in [0.5, 0.6) is 11.5 Å². The van der Waals surface area contributed by atoms with E-state index in [1.54, 1.807) is 7.11 Å². The second-order valence-corrected chi connectivity index (χ2v) is 6.73. The Morgan fingerprint density at radius 1 is 1.21 bits per heavy atom. The molecule has 0 aliphatic rings. The number of hydrogen-bond donors (Lipinski definition) is 3. The summed E-state index contributed by atoms with van der Waals surface area (Å²) in [5, 5.41) is 20.6. The van der Waals surface area contributed by atoms with Crippen LogP contribution in [0, 0.1) is 0 Å². The summed E-state index contributed by atoms with van der Waals surface area (Å²) in [6.45, 7) is 8.82. The van der Waals surface area contributed by atoms with Crippen LogP contribution in [0.25, 0.3) is 0 Å². The topological polar surface area (TPSA) is 84.8 Å². The normalized spacial score (nSPS) is 12.9. The number of nitrogens with two attached hydrogens (primary N) is 1. The van der Waals surface area contributed by atoms with E-state index in [-0.39, 0.29) is 18.6 Å². The van der Waals surface area contributed by atoms with E-state index in [1.165, 1.54) is 0 Å². The van der Waals surface area contributed by atoms with Gasteiger partial charge in [0, 0.05) is 5.56 Å². The summed E-state index contributed by atoms with van der Waals surface area (Å²) in [4.78, 5) is 0. The Hall–Kier alpha value is -1.34. The van der Waals surface area contributed by atoms with Gasteiger partial charge < -0.3 is 29.7 Å². The van der Waals surface area contributed by atoms with Gasteiger partial charge in [-0.1, -0.05) is 20.8 Å². The van der Waals surface area contributed by atoms with E-state index in [4.69, 9.17) is 19.3 Å². The molecule has 0 aliphatic carbocycles. The molecule has 4 N–H and O–H groups in total. The molecule has 0 heterocycles. The number of quaternary nitrogens is 1. The minimum atomic E-state index is -0.558. The second-order valence-electron chi connectivity index (χ2n) is 6.73. The standard InChI is InChI=1S/C18H31NO5/c1-18(2,3)16-11-15(22-4)5-6-17(16)24-13-14(21)12-19-7-9-23-10-8-20/h5-6,11,14,19-21H,7-10,12-13H2,1-4H3/p+1/t14-/m1/s1. The van der Waals surface area contributed by atoms with Crippen LogP contribution in [0.4, 0.5) is 0 Å². The molecule has 0 spiro atoms. The Morgan fingerprint density at radius 2 is 1.96 bits per heavy atom. The molecular weight excluding hydrogens is 310 g/mol. The van der Waals surface area contributed by atoms with Crippen LogP contribution in [-0.2, 0) is 10.2 Å². The van der Waals surface area contributed by atoms with Gasteiger partial charge in [-0.25, -0.2) is 0 Å². The molecule has 0 unspecified atom stereocenters. The van der Waals surface area contributed by atoms with E-state index in [0.29, 0.717) is 19.8 Å². The molecule has 0 aromatic heterocycles. The third-order valence-electron chi connectivity index (χ3n) is 3.57. The van der Waals surface area contributed by atoms with E-state index in [0.717, 1.165) is 23.6 Å². The molecule has 6 nitrogen and oxygen atoms in total. The van der Waals surface area contributed by atoms with Crippen molar-refractivity contribution in [2.24, 2.45) is 0 Å². The van der Waals surface area contributed by atoms with Gasteiger partial charge in [-0.15, -0.1) is 0 Å². The average molecular weight is 342 g/mol. The number of ether oxygens (including phenoxy) is 3. The zero-order chi connectivity index (χ0) is 18.0. The van der Waals surface area contributed by atoms with Crippen molar-refractivity contribution in [1.82, 2.24) is 0 Å². The summed E-state index contributed by atoms with van der Waals surface area (Å²) in [6, 6.07) is 5.73. The minimum Gasteiger partial charge on any atom is -0.497 e. The van der Waals surface area contributed by atoms with Crippen LogP contribution in [0.1, 0.15) is 26.3 Å². The molecule has 1 rings (SSSR count). The number of aliphatic hydroxyl groups is 2. The van der Waals surface area contributed by atoms with Gasteiger partial charge in [-0.3, -0.25) is 0 Å². The van der Waals surface area contributed by atoms with E-state index < -0.39 is 6.10 Å². The smallest absolute Gasteiger partial charge is 0.137 e. The fraction of sp³-hybridized carbons (Fsp3) is 0.667. The summed E-state index contributed by atoms with van der Waals surface area (Å²) >= 11 is 0. The predicted molar refractivity (Wildman–Crippen MR) is 92.8 cm³/mol. The predicted octanol–water partition coefficient (Wildman–Crippen LogP) is 0.305. The summed E-state index contributed by atoms with van der Waals surface area (Å²) in [7, 11) is 1.65. The minimum absolute atomic E-state index is 0.0361. The van der Waals surface area contributed by atoms with E-state index in [2.05, 4.69) is 20.8 Å². The highest BCUT2D eigenvalue weighted by atomic mass is 16.5. The van der Waals surface area contributed by atoms with Crippen molar-refractivity contribution in [3.8, 4) is 11.5 Å². The molecule has 0 saturated heterocycles. The number of rotatable bonds is 11. The molecule has 1 aromatic carbocycles. The third kappa shape index (κ3) is 7.49. The van der Waals surface area contributed by atoms with E-state index >= 15 is 0 Å². The molecule has 6 heteroatoms. The Balaban J connectivity index is 2.46. The molecule has 0 amide bonds. The molecule has 1 atom stereocenters. The molecule has 0 bridgehead atoms. The molecule has 138 valence electrons. The molecule has 24 heavy (non-hydrogen) atoms. The second kappa shape index (κ2) is 10.5. The Bertz CT molecular complexity index is 473. The summed E-state index contributed by atoms with van der Waals surface area (Å²) in [5.41, 5.74) is 0.973. The van der Waals surface area contributed by atoms with Crippen molar-refractivity contribution in [3.05, 3.63) is 23.8 Å². The molecule has 0 saturated carbocycles. The number of methoxy groups -OCH3 is 1. The number of aliphatic hydroxyl groups excluding tert-OH is 2. The summed E-state index contributed by atoms with van der Waals surface area (Å²) in [5.74, 6) is 1.57. The van der Waals surface area contributed by atoms with Crippen LogP contribution in [0.15, 0.2) is 18.2 Å². The van der Waals surface area contributed by atoms with E-state index in [9.17, 15) is 5.11 Å². The van der Waals surface area contributed by atoms with Crippen LogP contribution in [-0.4, -0.2) is 62.9 Å². The van der Waals surface area contributed by atoms with E-state index in [1.807, 2.05) is 23.5 Å². The lowest BCUT2D eigenvalue weighted by Crippen LogP contribution is -2.87. The molecule has 0 fully saturated rings. The van der Waals surface area contributed by atoms with Gasteiger partial charge >= 0.3 is 0 Å². The van der Waals surface area contributed by atoms with Gasteiger partial charge in [0.2, 0.25) is 0 Å². The molecular formula is C18H32NO5+. The first kappa shape index (κ1) is 20.7. The van der Waals surface area contributed by atoms with Crippen LogP contribution in [0.3, 0.4) is 0 Å². The molecule has 0 radical (unpaired) electrons. The lowest BCUT2D eigenvalue weighted by Gasteiger charge is -2.24. The van der Waals surface area contributed by atoms with Crippen LogP contribution >= 0.6 is 0 Å². The number of hydrogen-bond acceptors (Lipinski definition) is 5. The maximum atomic E-state index is 10.0. The zero-order valence-corrected chi connectivity index (χ0v) is 15.2. The fourth-order valence-electron chi connectivity index (χ4n) is 2.25. The molecule has 0 aliphatic heterocycles. The highest BCUT2D eigenvalue weighted by molar-refractivity contribution is 5.44. The highest BCUT2D eigenvalue weighted by Gasteiger charge is 2.20. The first-order valence-corrected chi connectivity index (χ1v) is 8.38. The Kier molecular flexibility index (Phi) is 9.07. The van der Waals surface area contributed by atoms with Crippen molar-refractivity contribution >= 4 is 0 Å². The largest absolute Gasteiger partial charge is 0.497 e. The average Bonchev–Trinajstić information content (AvgIpc) is 2.55. The highest BCUT2D eigenvalue weighted by Crippen LogP contribution is 2.34. The van der Waals surface area contributed by atoms with Gasteiger partial charge in [0.25, 0.3) is 0 Å². The monoisotopic (exact) mass is 342 g/mol. The van der Waals surface area contributed by atoms with Gasteiger partial charge in [0.1, 0.15) is 30.8 Å². The lowest BCUT2D eigenvalue weighted by atomic mass is 9.86. The van der Waals surface area contributed by atoms with Gasteiger partial charge in [-0.05, 0) is 23.6 Å². The van der Waals surface area contributed by atoms with Crippen LogP contribution < -0.4 is 14.8 Å². The maximum absolute atomic E-state index is 10.0. The third-order valence-corrected chi connectivity index (χ3v) is 3.57. The van der Waals surface area contributed by atoms with Gasteiger partial charge in [-0.2, -0.15) is 0 Å². The number of benzene rings is 1. The SMILES string of the molecule is COc1ccc(OC[C@H](O)C[NH2+]CCOCCO)c(C(C)(C)C)c1. The quantitative estimate of drug-likeness (QED) is 0.504. The van der Waals surface area contributed by atoms with Crippen LogP contribution in [0.2, 0.25) is 0 Å². The first-order chi connectivity index (χ1) is 11.4. The summed E-state index contributed by atoms with van der Waals surface area (Å²) < 4.78 is 16.3. The lowest BCUT2D eigenvalue weighted by molar-refractivity contribution is -0.662. The summed E-state index contributed by atoms with van der Waals surface area (Å²) in [6.07, 6.45) is -0.558. The first-order valence-electron chi connectivity index (χ1n) is 8.38. The Morgan fingerprint density at radius 3 is 2.58 bits per heavy atom. The van der Waals surface area contributed by atoms with Crippen molar-refractivity contribution in [2.75, 3.05) is 46.6 Å². The van der Waals surface area contributed by atoms with Crippen molar-refractivity contribution < 1.29 is 29.7 Å². The van der Waals surface area contributed by atoms with Gasteiger partial charge in [0.15, 0.2) is 0 Å². The zero-order valence-electron chi connectivity index (χ0n) is 15.2. The maximum Gasteiger partial charge on any atom is 0.137 e. The Labute approximate surface area is 144 Å². The van der Waals surface area contributed by atoms with Crippen molar-refractivity contribution in [3.63, 3.8) is 0 Å².